The summed E-state index contributed by atoms with van der Waals surface area (Å²) in [6, 6.07) is 13.3. The molecule has 2 aromatic carbocycles. The van der Waals surface area contributed by atoms with Gasteiger partial charge >= 0.3 is 0 Å². The third-order valence-corrected chi connectivity index (χ3v) is 5.44. The second-order valence-electron chi connectivity index (χ2n) is 6.62. The Bertz CT molecular complexity index is 925. The molecule has 1 N–H and O–H groups in total. The molecular formula is C21H23N3O3S. The van der Waals surface area contributed by atoms with Crippen molar-refractivity contribution in [2.24, 2.45) is 4.99 Å². The highest BCUT2D eigenvalue weighted by molar-refractivity contribution is 8.15. The van der Waals surface area contributed by atoms with Crippen molar-refractivity contribution >= 4 is 40.1 Å². The number of anilines is 2. The van der Waals surface area contributed by atoms with Gasteiger partial charge in [-0.25, -0.2) is 0 Å². The van der Waals surface area contributed by atoms with E-state index in [1.165, 1.54) is 11.8 Å². The summed E-state index contributed by atoms with van der Waals surface area (Å²) in [5.74, 6) is 0.324. The molecular weight excluding hydrogens is 374 g/mol. The van der Waals surface area contributed by atoms with Gasteiger partial charge in [-0.05, 0) is 50.6 Å². The lowest BCUT2D eigenvalue weighted by Crippen LogP contribution is -2.33. The van der Waals surface area contributed by atoms with Crippen molar-refractivity contribution in [3.05, 3.63) is 53.6 Å². The number of methoxy groups -OCH3 is 1. The molecule has 0 spiro atoms. The van der Waals surface area contributed by atoms with Crippen LogP contribution in [0.15, 0.2) is 47.5 Å². The number of ether oxygens (including phenoxy) is 1. The predicted molar refractivity (Wildman–Crippen MR) is 114 cm³/mol. The Hall–Kier alpha value is -2.80. The van der Waals surface area contributed by atoms with E-state index in [9.17, 15) is 9.59 Å². The van der Waals surface area contributed by atoms with Crippen LogP contribution >= 0.6 is 11.8 Å². The van der Waals surface area contributed by atoms with E-state index in [0.29, 0.717) is 16.6 Å². The summed E-state index contributed by atoms with van der Waals surface area (Å²) in [5.41, 5.74) is 3.51. The highest BCUT2D eigenvalue weighted by Crippen LogP contribution is 2.29. The zero-order valence-electron chi connectivity index (χ0n) is 16.4. The Morgan fingerprint density at radius 1 is 1.18 bits per heavy atom. The van der Waals surface area contributed by atoms with Crippen LogP contribution in [0.1, 0.15) is 18.1 Å². The molecule has 0 saturated heterocycles. The maximum atomic E-state index is 12.7. The van der Waals surface area contributed by atoms with Crippen molar-refractivity contribution in [1.82, 2.24) is 0 Å². The molecule has 6 nitrogen and oxygen atoms in total. The SMILES string of the molecule is COc1ccc(C)cc1NC(=O)[C@@H](C)SC1=NCC(=O)N1c1ccc(C)cc1. The summed E-state index contributed by atoms with van der Waals surface area (Å²) in [6.07, 6.45) is 0. The number of nitrogens with zero attached hydrogens (tertiary/aromatic N) is 2. The average Bonchev–Trinajstić information content (AvgIpc) is 3.03. The molecule has 2 amide bonds. The number of carbonyl (C=O) groups is 2. The average molecular weight is 398 g/mol. The number of carbonyl (C=O) groups excluding carboxylic acids is 2. The fourth-order valence-electron chi connectivity index (χ4n) is 2.79. The fraction of sp³-hybridized carbons (Fsp3) is 0.286. The number of rotatable bonds is 5. The van der Waals surface area contributed by atoms with E-state index in [1.807, 2.05) is 56.3 Å². The molecule has 3 rings (SSSR count). The van der Waals surface area contributed by atoms with Crippen LogP contribution in [0.4, 0.5) is 11.4 Å². The molecule has 146 valence electrons. The minimum Gasteiger partial charge on any atom is -0.495 e. The molecule has 1 aliphatic heterocycles. The number of nitrogens with one attached hydrogen (secondary N) is 1. The van der Waals surface area contributed by atoms with Crippen LogP contribution in [-0.2, 0) is 9.59 Å². The van der Waals surface area contributed by atoms with Gasteiger partial charge in [0.15, 0.2) is 5.17 Å². The molecule has 0 aromatic heterocycles. The summed E-state index contributed by atoms with van der Waals surface area (Å²) in [4.78, 5) is 30.9. The Balaban J connectivity index is 1.72. The summed E-state index contributed by atoms with van der Waals surface area (Å²) in [7, 11) is 1.57. The Morgan fingerprint density at radius 3 is 2.54 bits per heavy atom. The predicted octanol–water partition coefficient (Wildman–Crippen LogP) is 3.78. The lowest BCUT2D eigenvalue weighted by atomic mass is 10.2. The van der Waals surface area contributed by atoms with E-state index >= 15 is 0 Å². The van der Waals surface area contributed by atoms with Gasteiger partial charge in [-0.1, -0.05) is 35.5 Å². The molecule has 1 aliphatic rings. The summed E-state index contributed by atoms with van der Waals surface area (Å²) in [5, 5.41) is 3.00. The van der Waals surface area contributed by atoms with Crippen molar-refractivity contribution in [1.29, 1.82) is 0 Å². The smallest absolute Gasteiger partial charge is 0.254 e. The van der Waals surface area contributed by atoms with E-state index in [0.717, 1.165) is 16.8 Å². The molecule has 0 saturated carbocycles. The van der Waals surface area contributed by atoms with Crippen LogP contribution in [0.5, 0.6) is 5.75 Å². The first-order chi connectivity index (χ1) is 13.4. The molecule has 0 radical (unpaired) electrons. The molecule has 28 heavy (non-hydrogen) atoms. The van der Waals surface area contributed by atoms with Crippen molar-refractivity contribution in [3.63, 3.8) is 0 Å². The molecule has 7 heteroatoms. The number of hydrogen-bond donors (Lipinski definition) is 1. The quantitative estimate of drug-likeness (QED) is 0.834. The third-order valence-electron chi connectivity index (χ3n) is 4.35. The van der Waals surface area contributed by atoms with Gasteiger partial charge in [-0.2, -0.15) is 0 Å². The van der Waals surface area contributed by atoms with Crippen LogP contribution < -0.4 is 15.0 Å². The summed E-state index contributed by atoms with van der Waals surface area (Å²) >= 11 is 1.27. The van der Waals surface area contributed by atoms with Crippen LogP contribution in [0.3, 0.4) is 0 Å². The van der Waals surface area contributed by atoms with Gasteiger partial charge in [-0.3, -0.25) is 19.5 Å². The molecule has 1 heterocycles. The minimum absolute atomic E-state index is 0.0935. The first kappa shape index (κ1) is 19.9. The zero-order valence-corrected chi connectivity index (χ0v) is 17.2. The van der Waals surface area contributed by atoms with Gasteiger partial charge in [0.05, 0.1) is 23.7 Å². The lowest BCUT2D eigenvalue weighted by Gasteiger charge is -2.20. The van der Waals surface area contributed by atoms with E-state index in [2.05, 4.69) is 10.3 Å². The minimum atomic E-state index is -0.442. The summed E-state index contributed by atoms with van der Waals surface area (Å²) < 4.78 is 5.31. The molecule has 0 unspecified atom stereocenters. The maximum Gasteiger partial charge on any atom is 0.254 e. The van der Waals surface area contributed by atoms with Crippen molar-refractivity contribution in [2.75, 3.05) is 23.9 Å². The van der Waals surface area contributed by atoms with Gasteiger partial charge < -0.3 is 10.1 Å². The van der Waals surface area contributed by atoms with Gasteiger partial charge in [0.1, 0.15) is 12.3 Å². The maximum absolute atomic E-state index is 12.7. The molecule has 2 aromatic rings. The monoisotopic (exact) mass is 397 g/mol. The number of amidine groups is 1. The van der Waals surface area contributed by atoms with Gasteiger partial charge in [0.2, 0.25) is 5.91 Å². The standard InChI is InChI=1S/C21H23N3O3S/c1-13-5-8-16(9-6-13)24-19(25)12-22-21(24)28-15(3)20(26)23-17-11-14(2)7-10-18(17)27-4/h5-11,15H,12H2,1-4H3,(H,23,26)/t15-/m1/s1. The van der Waals surface area contributed by atoms with Crippen molar-refractivity contribution in [2.45, 2.75) is 26.0 Å². The molecule has 1 atom stereocenters. The second kappa shape index (κ2) is 8.48. The van der Waals surface area contributed by atoms with Crippen LogP contribution in [0.2, 0.25) is 0 Å². The highest BCUT2D eigenvalue weighted by atomic mass is 32.2. The number of thioether (sulfide) groups is 1. The number of aryl methyl sites for hydroxylation is 2. The van der Waals surface area contributed by atoms with E-state index in [4.69, 9.17) is 4.74 Å². The van der Waals surface area contributed by atoms with Crippen molar-refractivity contribution in [3.8, 4) is 5.75 Å². The van der Waals surface area contributed by atoms with E-state index < -0.39 is 5.25 Å². The molecule has 0 bridgehead atoms. The van der Waals surface area contributed by atoms with E-state index in [-0.39, 0.29) is 18.4 Å². The number of benzene rings is 2. The largest absolute Gasteiger partial charge is 0.495 e. The Kier molecular flexibility index (Phi) is 6.04. The first-order valence-corrected chi connectivity index (χ1v) is 9.83. The molecule has 0 fully saturated rings. The Morgan fingerprint density at radius 2 is 1.86 bits per heavy atom. The topological polar surface area (TPSA) is 71.0 Å². The Labute approximate surface area is 169 Å². The van der Waals surface area contributed by atoms with Crippen LogP contribution in [0.25, 0.3) is 0 Å². The lowest BCUT2D eigenvalue weighted by molar-refractivity contribution is -0.116. The van der Waals surface area contributed by atoms with Crippen molar-refractivity contribution < 1.29 is 14.3 Å². The zero-order chi connectivity index (χ0) is 20.3. The van der Waals surface area contributed by atoms with Gasteiger partial charge in [0, 0.05) is 0 Å². The van der Waals surface area contributed by atoms with Gasteiger partial charge in [0.25, 0.3) is 5.91 Å². The fourth-order valence-corrected chi connectivity index (χ4v) is 3.72. The number of amides is 2. The van der Waals surface area contributed by atoms with E-state index in [1.54, 1.807) is 18.9 Å². The normalized spacial score (nSPS) is 14.6. The van der Waals surface area contributed by atoms with Crippen LogP contribution in [0, 0.1) is 13.8 Å². The first-order valence-electron chi connectivity index (χ1n) is 8.95. The highest BCUT2D eigenvalue weighted by Gasteiger charge is 2.30. The number of aliphatic imine (C=N–C) groups is 1. The third kappa shape index (κ3) is 4.36. The number of hydrogen-bond acceptors (Lipinski definition) is 5. The van der Waals surface area contributed by atoms with Crippen LogP contribution in [-0.4, -0.2) is 35.9 Å². The second-order valence-corrected chi connectivity index (χ2v) is 7.92. The summed E-state index contributed by atoms with van der Waals surface area (Å²) in [6.45, 7) is 5.83. The van der Waals surface area contributed by atoms with Gasteiger partial charge in [-0.15, -0.1) is 0 Å². The molecule has 0 aliphatic carbocycles.